The van der Waals surface area contributed by atoms with Gasteiger partial charge in [0, 0.05) is 32.2 Å². The van der Waals surface area contributed by atoms with Gasteiger partial charge in [-0.3, -0.25) is 9.69 Å². The maximum atomic E-state index is 12.1. The second-order valence-electron chi connectivity index (χ2n) is 7.00. The van der Waals surface area contributed by atoms with Crippen LogP contribution in [-0.2, 0) is 22.6 Å². The number of hydrogen-bond acceptors (Lipinski definition) is 4. The van der Waals surface area contributed by atoms with Crippen LogP contribution in [0, 0.1) is 0 Å². The molecule has 29 heavy (non-hydrogen) atoms. The van der Waals surface area contributed by atoms with E-state index in [0.29, 0.717) is 27.4 Å². The highest BCUT2D eigenvalue weighted by molar-refractivity contribution is 6.43. The molecule has 2 aromatic carbocycles. The molecule has 1 N–H and O–H groups in total. The Balaban J connectivity index is 1.48. The molecule has 8 heteroatoms. The molecular formula is C21H23Cl3N2O3. The quantitative estimate of drug-likeness (QED) is 0.619. The molecule has 1 saturated heterocycles. The molecule has 1 aliphatic heterocycles. The Hall–Kier alpha value is -1.50. The van der Waals surface area contributed by atoms with E-state index in [1.807, 2.05) is 12.1 Å². The maximum Gasteiger partial charge on any atom is 0.258 e. The van der Waals surface area contributed by atoms with Crippen LogP contribution >= 0.6 is 34.8 Å². The van der Waals surface area contributed by atoms with Crippen molar-refractivity contribution < 1.29 is 14.3 Å². The van der Waals surface area contributed by atoms with E-state index < -0.39 is 0 Å². The molecule has 0 aromatic heterocycles. The number of nitrogens with zero attached hydrogens (tertiary/aromatic N) is 1. The van der Waals surface area contributed by atoms with E-state index in [-0.39, 0.29) is 18.6 Å². The second-order valence-corrected chi connectivity index (χ2v) is 8.22. The van der Waals surface area contributed by atoms with Crippen molar-refractivity contribution in [2.24, 2.45) is 0 Å². The van der Waals surface area contributed by atoms with E-state index in [4.69, 9.17) is 44.3 Å². The van der Waals surface area contributed by atoms with Gasteiger partial charge in [-0.15, -0.1) is 0 Å². The number of nitrogens with one attached hydrogen (secondary N) is 1. The van der Waals surface area contributed by atoms with E-state index in [2.05, 4.69) is 29.3 Å². The van der Waals surface area contributed by atoms with Gasteiger partial charge in [0.25, 0.3) is 5.91 Å². The molecule has 1 unspecified atom stereocenters. The molecule has 1 heterocycles. The molecule has 1 atom stereocenters. The van der Waals surface area contributed by atoms with Crippen LogP contribution in [-0.4, -0.2) is 43.2 Å². The van der Waals surface area contributed by atoms with Gasteiger partial charge in [0.05, 0.1) is 27.8 Å². The Kier molecular flexibility index (Phi) is 8.04. The Morgan fingerprint density at radius 2 is 1.93 bits per heavy atom. The summed E-state index contributed by atoms with van der Waals surface area (Å²) < 4.78 is 11.0. The normalized spacial score (nSPS) is 17.2. The first kappa shape index (κ1) is 22.2. The minimum Gasteiger partial charge on any atom is -0.482 e. The number of morpholine rings is 1. The molecule has 3 rings (SSSR count). The van der Waals surface area contributed by atoms with Crippen molar-refractivity contribution in [2.75, 3.05) is 26.3 Å². The fraction of sp³-hybridized carbons (Fsp3) is 0.381. The average Bonchev–Trinajstić information content (AvgIpc) is 2.68. The minimum absolute atomic E-state index is 0.164. The van der Waals surface area contributed by atoms with E-state index in [0.717, 1.165) is 31.8 Å². The van der Waals surface area contributed by atoms with Gasteiger partial charge < -0.3 is 14.8 Å². The summed E-state index contributed by atoms with van der Waals surface area (Å²) in [6.07, 6.45) is 0.259. The van der Waals surface area contributed by atoms with Crippen LogP contribution < -0.4 is 10.1 Å². The lowest BCUT2D eigenvalue weighted by molar-refractivity contribution is -0.123. The standard InChI is InChI=1S/C21H23Cl3N2O3/c1-14-11-26(5-6-28-14)12-16-4-2-3-15(7-16)10-25-21(27)13-29-20-9-18(23)17(22)8-19(20)24/h2-4,7-9,14H,5-6,10-13H2,1H3,(H,25,27). The lowest BCUT2D eigenvalue weighted by Crippen LogP contribution is -2.40. The van der Waals surface area contributed by atoms with Crippen LogP contribution in [0.25, 0.3) is 0 Å². The summed E-state index contributed by atoms with van der Waals surface area (Å²) in [4.78, 5) is 14.5. The largest absolute Gasteiger partial charge is 0.482 e. The number of carbonyl (C=O) groups is 1. The minimum atomic E-state index is -0.250. The van der Waals surface area contributed by atoms with Crippen LogP contribution in [0.15, 0.2) is 36.4 Å². The number of hydrogen-bond donors (Lipinski definition) is 1. The molecule has 0 radical (unpaired) electrons. The summed E-state index contributed by atoms with van der Waals surface area (Å²) in [6, 6.07) is 11.2. The van der Waals surface area contributed by atoms with Crippen LogP contribution in [0.2, 0.25) is 15.1 Å². The number of ether oxygens (including phenoxy) is 2. The van der Waals surface area contributed by atoms with Gasteiger partial charge in [-0.1, -0.05) is 59.1 Å². The fourth-order valence-electron chi connectivity index (χ4n) is 3.14. The van der Waals surface area contributed by atoms with Crippen LogP contribution in [0.4, 0.5) is 0 Å². The molecule has 0 bridgehead atoms. The van der Waals surface area contributed by atoms with Crippen molar-refractivity contribution in [3.63, 3.8) is 0 Å². The topological polar surface area (TPSA) is 50.8 Å². The Labute approximate surface area is 185 Å². The van der Waals surface area contributed by atoms with Crippen molar-refractivity contribution in [3.05, 3.63) is 62.6 Å². The number of amides is 1. The zero-order chi connectivity index (χ0) is 20.8. The number of rotatable bonds is 7. The van der Waals surface area contributed by atoms with E-state index >= 15 is 0 Å². The van der Waals surface area contributed by atoms with Crippen LogP contribution in [0.3, 0.4) is 0 Å². The highest BCUT2D eigenvalue weighted by Crippen LogP contribution is 2.33. The lowest BCUT2D eigenvalue weighted by Gasteiger charge is -2.31. The van der Waals surface area contributed by atoms with E-state index in [1.54, 1.807) is 0 Å². The zero-order valence-corrected chi connectivity index (χ0v) is 18.4. The second kappa shape index (κ2) is 10.5. The van der Waals surface area contributed by atoms with Gasteiger partial charge >= 0.3 is 0 Å². The highest BCUT2D eigenvalue weighted by atomic mass is 35.5. The third-order valence-corrected chi connectivity index (χ3v) is 5.56. The summed E-state index contributed by atoms with van der Waals surface area (Å²) >= 11 is 17.9. The molecule has 1 aliphatic rings. The molecule has 0 aliphatic carbocycles. The van der Waals surface area contributed by atoms with Gasteiger partial charge in [0.1, 0.15) is 5.75 Å². The summed E-state index contributed by atoms with van der Waals surface area (Å²) in [6.45, 7) is 5.84. The van der Waals surface area contributed by atoms with Crippen molar-refractivity contribution in [1.29, 1.82) is 0 Å². The zero-order valence-electron chi connectivity index (χ0n) is 16.1. The average molecular weight is 458 g/mol. The molecular weight excluding hydrogens is 435 g/mol. The van der Waals surface area contributed by atoms with Gasteiger partial charge in [0.2, 0.25) is 0 Å². The van der Waals surface area contributed by atoms with Gasteiger partial charge in [-0.2, -0.15) is 0 Å². The predicted octanol–water partition coefficient (Wildman–Crippen LogP) is 4.56. The smallest absolute Gasteiger partial charge is 0.258 e. The Bertz CT molecular complexity index is 863. The molecule has 1 amide bonds. The van der Waals surface area contributed by atoms with Gasteiger partial charge in [-0.05, 0) is 24.1 Å². The summed E-state index contributed by atoms with van der Waals surface area (Å²) in [5.74, 6) is 0.0671. The first-order chi connectivity index (χ1) is 13.9. The monoisotopic (exact) mass is 456 g/mol. The predicted molar refractivity (Wildman–Crippen MR) is 116 cm³/mol. The number of halogens is 3. The third kappa shape index (κ3) is 6.76. The summed E-state index contributed by atoms with van der Waals surface area (Å²) in [5.41, 5.74) is 2.24. The lowest BCUT2D eigenvalue weighted by atomic mass is 10.1. The van der Waals surface area contributed by atoms with Crippen molar-refractivity contribution in [1.82, 2.24) is 10.2 Å². The Morgan fingerprint density at radius 3 is 2.72 bits per heavy atom. The number of benzene rings is 2. The summed E-state index contributed by atoms with van der Waals surface area (Å²) in [5, 5.41) is 3.81. The molecule has 156 valence electrons. The highest BCUT2D eigenvalue weighted by Gasteiger charge is 2.16. The summed E-state index contributed by atoms with van der Waals surface area (Å²) in [7, 11) is 0. The van der Waals surface area contributed by atoms with Crippen molar-refractivity contribution in [2.45, 2.75) is 26.1 Å². The van der Waals surface area contributed by atoms with Crippen molar-refractivity contribution >= 4 is 40.7 Å². The first-order valence-electron chi connectivity index (χ1n) is 9.36. The van der Waals surface area contributed by atoms with E-state index in [1.165, 1.54) is 17.7 Å². The van der Waals surface area contributed by atoms with E-state index in [9.17, 15) is 4.79 Å². The van der Waals surface area contributed by atoms with Crippen molar-refractivity contribution in [3.8, 4) is 5.75 Å². The Morgan fingerprint density at radius 1 is 1.17 bits per heavy atom. The fourth-order valence-corrected chi connectivity index (χ4v) is 3.73. The molecule has 0 saturated carbocycles. The first-order valence-corrected chi connectivity index (χ1v) is 10.5. The molecule has 1 fully saturated rings. The van der Waals surface area contributed by atoms with Gasteiger partial charge in [-0.25, -0.2) is 0 Å². The van der Waals surface area contributed by atoms with Crippen LogP contribution in [0.1, 0.15) is 18.1 Å². The molecule has 0 spiro atoms. The third-order valence-electron chi connectivity index (χ3n) is 4.55. The number of carbonyl (C=O) groups excluding carboxylic acids is 1. The SMILES string of the molecule is CC1CN(Cc2cccc(CNC(=O)COc3cc(Cl)c(Cl)cc3Cl)c2)CCO1. The maximum absolute atomic E-state index is 12.1. The van der Waals surface area contributed by atoms with Gasteiger partial charge in [0.15, 0.2) is 6.61 Å². The molecule has 5 nitrogen and oxygen atoms in total. The molecule has 2 aromatic rings. The van der Waals surface area contributed by atoms with Crippen LogP contribution in [0.5, 0.6) is 5.75 Å².